The third kappa shape index (κ3) is 7.59. The molecule has 1 fully saturated rings. The lowest BCUT2D eigenvalue weighted by Crippen LogP contribution is -2.27. The van der Waals surface area contributed by atoms with E-state index in [1.54, 1.807) is 0 Å². The number of hydrogen-bond acceptors (Lipinski definition) is 6. The number of hydrazone groups is 1. The minimum atomic E-state index is -0.120. The molecule has 1 amide bonds. The van der Waals surface area contributed by atoms with E-state index < -0.39 is 0 Å². The first-order valence-corrected chi connectivity index (χ1v) is 13.8. The van der Waals surface area contributed by atoms with E-state index in [1.807, 2.05) is 48.3 Å². The molecule has 0 bridgehead atoms. The highest BCUT2D eigenvalue weighted by molar-refractivity contribution is 7.99. The van der Waals surface area contributed by atoms with Gasteiger partial charge in [-0.25, -0.2) is 0 Å². The summed E-state index contributed by atoms with van der Waals surface area (Å²) in [4.78, 5) is 24.8. The fourth-order valence-electron chi connectivity index (χ4n) is 4.45. The van der Waals surface area contributed by atoms with E-state index in [1.165, 1.54) is 11.1 Å². The Morgan fingerprint density at radius 2 is 1.94 bits per heavy atom. The number of unbranched alkanes of at least 4 members (excludes halogenated alkanes) is 1. The molecule has 4 rings (SSSR count). The summed E-state index contributed by atoms with van der Waals surface area (Å²) in [7, 11) is 0. The number of hydrogen-bond donors (Lipinski definition) is 1. The number of anilines is 1. The Kier molecular flexibility index (Phi) is 9.23. The molecule has 0 saturated carbocycles. The third-order valence-corrected chi connectivity index (χ3v) is 7.48. The number of fused-ring (bicyclic) bond motifs is 1. The van der Waals surface area contributed by atoms with Crippen LogP contribution in [0.1, 0.15) is 59.7 Å². The van der Waals surface area contributed by atoms with Crippen molar-refractivity contribution in [2.24, 2.45) is 11.0 Å². The van der Waals surface area contributed by atoms with Crippen LogP contribution in [0.4, 0.5) is 5.69 Å². The molecule has 1 atom stereocenters. The second-order valence-corrected chi connectivity index (χ2v) is 10.5. The van der Waals surface area contributed by atoms with E-state index in [0.717, 1.165) is 68.0 Å². The van der Waals surface area contributed by atoms with Crippen molar-refractivity contribution < 1.29 is 14.3 Å². The topological polar surface area (TPSA) is 71.0 Å². The normalized spacial score (nSPS) is 17.7. The number of aryl methyl sites for hydroxylation is 1. The Morgan fingerprint density at radius 3 is 2.71 bits per heavy atom. The van der Waals surface area contributed by atoms with Crippen LogP contribution in [0, 0.1) is 5.92 Å². The summed E-state index contributed by atoms with van der Waals surface area (Å²) in [5, 5.41) is 9.66. The Balaban J connectivity index is 1.28. The molecule has 6 nitrogen and oxygen atoms in total. The van der Waals surface area contributed by atoms with Crippen LogP contribution in [-0.2, 0) is 22.4 Å². The minimum Gasteiger partial charge on any atom is -0.466 e. The number of carbonyl (C=O) groups excluding carboxylic acids is 2. The van der Waals surface area contributed by atoms with Gasteiger partial charge >= 0.3 is 5.97 Å². The molecule has 1 heterocycles. The van der Waals surface area contributed by atoms with E-state index in [0.29, 0.717) is 24.5 Å². The first-order valence-electron chi connectivity index (χ1n) is 12.7. The number of nitrogens with one attached hydrogen (secondary N) is 1. The molecular weight excluding hydrogens is 458 g/mol. The molecular formula is C28H35N3O3S. The van der Waals surface area contributed by atoms with Crippen LogP contribution in [0.15, 0.2) is 47.6 Å². The molecule has 186 valence electrons. The molecule has 2 aliphatic rings. The molecule has 2 aromatic rings. The monoisotopic (exact) mass is 493 g/mol. The molecule has 1 saturated heterocycles. The van der Waals surface area contributed by atoms with Crippen LogP contribution in [0.25, 0.3) is 0 Å². The van der Waals surface area contributed by atoms with Gasteiger partial charge in [-0.05, 0) is 72.6 Å². The van der Waals surface area contributed by atoms with E-state index in [2.05, 4.69) is 34.5 Å². The average Bonchev–Trinajstić information content (AvgIpc) is 2.88. The number of nitrogens with zero attached hydrogens (tertiary/aromatic N) is 2. The standard InChI is InChI=1S/C28H35N3O3S/c1-2-3-14-34-27(32)18-22-6-9-25-19-26(11-10-24(25)17-22)30-28(33)23-7-4-21(5-8-23)20-29-31-12-15-35-16-13-31/h4-5,7-8,10-11,19-20,22H,2-3,6,9,12-18H2,1H3,(H,30,33). The number of benzene rings is 2. The summed E-state index contributed by atoms with van der Waals surface area (Å²) in [6.07, 6.45) is 7.05. The Morgan fingerprint density at radius 1 is 1.14 bits per heavy atom. The van der Waals surface area contributed by atoms with Crippen molar-refractivity contribution in [3.8, 4) is 0 Å². The number of thioether (sulfide) groups is 1. The van der Waals surface area contributed by atoms with Gasteiger partial charge in [-0.3, -0.25) is 14.6 Å². The molecule has 1 aliphatic heterocycles. The first-order chi connectivity index (χ1) is 17.1. The number of carbonyl (C=O) groups is 2. The fraction of sp³-hybridized carbons (Fsp3) is 0.464. The molecule has 35 heavy (non-hydrogen) atoms. The van der Waals surface area contributed by atoms with Crippen molar-refractivity contribution >= 4 is 35.5 Å². The molecule has 2 aromatic carbocycles. The van der Waals surface area contributed by atoms with Crippen molar-refractivity contribution in [2.75, 3.05) is 36.5 Å². The fourth-order valence-corrected chi connectivity index (χ4v) is 5.33. The minimum absolute atomic E-state index is 0.0846. The lowest BCUT2D eigenvalue weighted by atomic mass is 9.82. The van der Waals surface area contributed by atoms with Gasteiger partial charge in [-0.2, -0.15) is 16.9 Å². The van der Waals surface area contributed by atoms with Crippen LogP contribution < -0.4 is 5.32 Å². The van der Waals surface area contributed by atoms with Crippen molar-refractivity contribution in [2.45, 2.75) is 45.4 Å². The van der Waals surface area contributed by atoms with E-state index in [-0.39, 0.29) is 11.9 Å². The van der Waals surface area contributed by atoms with E-state index in [4.69, 9.17) is 4.74 Å². The molecule has 7 heteroatoms. The van der Waals surface area contributed by atoms with Gasteiger partial charge in [0.1, 0.15) is 0 Å². The zero-order valence-corrected chi connectivity index (χ0v) is 21.3. The van der Waals surface area contributed by atoms with Gasteiger partial charge in [0, 0.05) is 42.3 Å². The van der Waals surface area contributed by atoms with Gasteiger partial charge in [0.2, 0.25) is 0 Å². The maximum absolute atomic E-state index is 12.8. The van der Waals surface area contributed by atoms with Gasteiger partial charge in [-0.1, -0.05) is 31.5 Å². The van der Waals surface area contributed by atoms with Crippen LogP contribution in [0.5, 0.6) is 0 Å². The number of esters is 1. The average molecular weight is 494 g/mol. The van der Waals surface area contributed by atoms with Crippen LogP contribution in [0.3, 0.4) is 0 Å². The number of ether oxygens (including phenoxy) is 1. The zero-order chi connectivity index (χ0) is 24.5. The summed E-state index contributed by atoms with van der Waals surface area (Å²) in [6, 6.07) is 13.6. The Labute approximate surface area is 212 Å². The predicted octanol–water partition coefficient (Wildman–Crippen LogP) is 5.16. The van der Waals surface area contributed by atoms with Gasteiger partial charge in [0.15, 0.2) is 0 Å². The highest BCUT2D eigenvalue weighted by atomic mass is 32.2. The number of rotatable bonds is 9. The zero-order valence-electron chi connectivity index (χ0n) is 20.5. The maximum Gasteiger partial charge on any atom is 0.306 e. The maximum atomic E-state index is 12.8. The lowest BCUT2D eigenvalue weighted by Gasteiger charge is -2.24. The second-order valence-electron chi connectivity index (χ2n) is 9.26. The van der Waals surface area contributed by atoms with Crippen molar-refractivity contribution in [1.82, 2.24) is 5.01 Å². The van der Waals surface area contributed by atoms with Crippen LogP contribution in [0.2, 0.25) is 0 Å². The smallest absolute Gasteiger partial charge is 0.306 e. The molecule has 0 spiro atoms. The highest BCUT2D eigenvalue weighted by Gasteiger charge is 2.22. The molecule has 1 N–H and O–H groups in total. The predicted molar refractivity (Wildman–Crippen MR) is 143 cm³/mol. The Bertz CT molecular complexity index is 1030. The Hall–Kier alpha value is -2.80. The van der Waals surface area contributed by atoms with Crippen molar-refractivity contribution in [3.05, 3.63) is 64.7 Å². The molecule has 0 aromatic heterocycles. The summed E-state index contributed by atoms with van der Waals surface area (Å²) in [5.74, 6) is 2.36. The van der Waals surface area contributed by atoms with Crippen molar-refractivity contribution in [3.63, 3.8) is 0 Å². The molecule has 0 radical (unpaired) electrons. The summed E-state index contributed by atoms with van der Waals surface area (Å²) in [5.41, 5.74) is 4.92. The highest BCUT2D eigenvalue weighted by Crippen LogP contribution is 2.30. The SMILES string of the molecule is CCCCOC(=O)CC1CCc2cc(NC(=O)c3ccc(C=NN4CCSCC4)cc3)ccc2C1. The van der Waals surface area contributed by atoms with E-state index in [9.17, 15) is 9.59 Å². The van der Waals surface area contributed by atoms with E-state index >= 15 is 0 Å². The van der Waals surface area contributed by atoms with Gasteiger partial charge in [-0.15, -0.1) is 0 Å². The van der Waals surface area contributed by atoms with Gasteiger partial charge in [0.05, 0.1) is 12.8 Å². The second kappa shape index (κ2) is 12.8. The summed E-state index contributed by atoms with van der Waals surface area (Å²) < 4.78 is 5.33. The summed E-state index contributed by atoms with van der Waals surface area (Å²) >= 11 is 1.96. The molecule has 1 aliphatic carbocycles. The largest absolute Gasteiger partial charge is 0.466 e. The lowest BCUT2D eigenvalue weighted by molar-refractivity contribution is -0.145. The quantitative estimate of drug-likeness (QED) is 0.297. The van der Waals surface area contributed by atoms with Crippen LogP contribution in [-0.4, -0.2) is 54.3 Å². The molecule has 1 unspecified atom stereocenters. The van der Waals surface area contributed by atoms with Gasteiger partial charge < -0.3 is 10.1 Å². The third-order valence-electron chi connectivity index (χ3n) is 6.54. The summed E-state index contributed by atoms with van der Waals surface area (Å²) in [6.45, 7) is 4.57. The van der Waals surface area contributed by atoms with Gasteiger partial charge in [0.25, 0.3) is 5.91 Å². The van der Waals surface area contributed by atoms with Crippen molar-refractivity contribution in [1.29, 1.82) is 0 Å². The first kappa shape index (κ1) is 25.3. The number of amides is 1. The van der Waals surface area contributed by atoms with Crippen LogP contribution >= 0.6 is 11.8 Å².